The molecule has 144 valence electrons. The Morgan fingerprint density at radius 3 is 2.85 bits per heavy atom. The van der Waals surface area contributed by atoms with E-state index in [0.29, 0.717) is 19.6 Å². The number of amides is 2. The van der Waals surface area contributed by atoms with Gasteiger partial charge < -0.3 is 14.8 Å². The lowest BCUT2D eigenvalue weighted by Gasteiger charge is -2.35. The van der Waals surface area contributed by atoms with Gasteiger partial charge >= 0.3 is 0 Å². The number of rotatable bonds is 8. The molecule has 0 radical (unpaired) electrons. The zero-order valence-corrected chi connectivity index (χ0v) is 15.8. The Bertz CT molecular complexity index is 732. The standard InChI is InChI=1S/C20H27N5O2/c1-23(13-14-24-11-8-21-16-24)19(26)15-18-20(27)22-9-12-25(18)10-7-17-5-3-2-4-6-17/h2-6,8,11,16,18H,7,9-10,12-15H2,1H3,(H,22,27)/t18-/m1/s1. The zero-order valence-electron chi connectivity index (χ0n) is 15.8. The molecule has 7 heteroatoms. The summed E-state index contributed by atoms with van der Waals surface area (Å²) in [5.41, 5.74) is 1.24. The van der Waals surface area contributed by atoms with Crippen LogP contribution in [0, 0.1) is 0 Å². The SMILES string of the molecule is CN(CCn1ccnc1)C(=O)C[C@@H]1C(=O)NCCN1CCc1ccccc1. The molecule has 3 rings (SSSR count). The second-order valence-corrected chi connectivity index (χ2v) is 6.90. The quantitative estimate of drug-likeness (QED) is 0.746. The maximum atomic E-state index is 12.6. The molecule has 1 aromatic carbocycles. The van der Waals surface area contributed by atoms with Gasteiger partial charge in [-0.05, 0) is 12.0 Å². The molecule has 1 saturated heterocycles. The van der Waals surface area contributed by atoms with Crippen LogP contribution in [0.25, 0.3) is 0 Å². The summed E-state index contributed by atoms with van der Waals surface area (Å²) in [6.07, 6.45) is 6.41. The second-order valence-electron chi connectivity index (χ2n) is 6.90. The van der Waals surface area contributed by atoms with E-state index in [1.54, 1.807) is 24.5 Å². The van der Waals surface area contributed by atoms with E-state index in [1.165, 1.54) is 5.56 Å². The zero-order chi connectivity index (χ0) is 19.1. The first-order chi connectivity index (χ1) is 13.1. The van der Waals surface area contributed by atoms with Crippen LogP contribution in [0.5, 0.6) is 0 Å². The Morgan fingerprint density at radius 1 is 1.30 bits per heavy atom. The number of nitrogens with one attached hydrogen (secondary N) is 1. The highest BCUT2D eigenvalue weighted by Gasteiger charge is 2.32. The van der Waals surface area contributed by atoms with Gasteiger partial charge in [0, 0.05) is 52.2 Å². The van der Waals surface area contributed by atoms with Gasteiger partial charge in [0.15, 0.2) is 0 Å². The van der Waals surface area contributed by atoms with E-state index < -0.39 is 6.04 Å². The number of carbonyl (C=O) groups excluding carboxylic acids is 2. The molecule has 1 atom stereocenters. The molecule has 0 spiro atoms. The first kappa shape index (κ1) is 19.1. The molecule has 7 nitrogen and oxygen atoms in total. The molecule has 2 heterocycles. The van der Waals surface area contributed by atoms with Crippen LogP contribution < -0.4 is 5.32 Å². The molecule has 0 saturated carbocycles. The molecule has 1 N–H and O–H groups in total. The van der Waals surface area contributed by atoms with E-state index in [2.05, 4.69) is 27.3 Å². The van der Waals surface area contributed by atoms with Gasteiger partial charge in [0.05, 0.1) is 18.8 Å². The third-order valence-electron chi connectivity index (χ3n) is 5.02. The molecule has 0 unspecified atom stereocenters. The summed E-state index contributed by atoms with van der Waals surface area (Å²) in [7, 11) is 1.79. The fraction of sp³-hybridized carbons (Fsp3) is 0.450. The lowest BCUT2D eigenvalue weighted by Crippen LogP contribution is -2.57. The number of imidazole rings is 1. The lowest BCUT2D eigenvalue weighted by atomic mass is 10.1. The summed E-state index contributed by atoms with van der Waals surface area (Å²) >= 11 is 0. The van der Waals surface area contributed by atoms with Crippen LogP contribution in [0.15, 0.2) is 49.1 Å². The molecule has 2 aromatic rings. The van der Waals surface area contributed by atoms with Crippen molar-refractivity contribution in [1.29, 1.82) is 0 Å². The van der Waals surface area contributed by atoms with Crippen LogP contribution in [0.3, 0.4) is 0 Å². The van der Waals surface area contributed by atoms with Crippen LogP contribution in [0.1, 0.15) is 12.0 Å². The molecule has 1 aliphatic heterocycles. The minimum atomic E-state index is -0.398. The van der Waals surface area contributed by atoms with Gasteiger partial charge in [-0.3, -0.25) is 14.5 Å². The highest BCUT2D eigenvalue weighted by Crippen LogP contribution is 2.12. The molecular weight excluding hydrogens is 342 g/mol. The van der Waals surface area contributed by atoms with Crippen LogP contribution >= 0.6 is 0 Å². The number of hydrogen-bond acceptors (Lipinski definition) is 4. The molecule has 0 bridgehead atoms. The van der Waals surface area contributed by atoms with Crippen molar-refractivity contribution in [2.75, 3.05) is 33.2 Å². The molecular formula is C20H27N5O2. The van der Waals surface area contributed by atoms with Crippen LogP contribution in [0.2, 0.25) is 0 Å². The van der Waals surface area contributed by atoms with Gasteiger partial charge in [-0.2, -0.15) is 0 Å². The average molecular weight is 369 g/mol. The molecule has 1 fully saturated rings. The van der Waals surface area contributed by atoms with E-state index in [4.69, 9.17) is 0 Å². The molecule has 27 heavy (non-hydrogen) atoms. The van der Waals surface area contributed by atoms with Gasteiger partial charge in [0.25, 0.3) is 0 Å². The van der Waals surface area contributed by atoms with Gasteiger partial charge in [-0.1, -0.05) is 30.3 Å². The van der Waals surface area contributed by atoms with Crippen LogP contribution in [0.4, 0.5) is 0 Å². The summed E-state index contributed by atoms with van der Waals surface area (Å²) in [5.74, 6) is -0.0625. The fourth-order valence-corrected chi connectivity index (χ4v) is 3.30. The topological polar surface area (TPSA) is 70.5 Å². The van der Waals surface area contributed by atoms with E-state index in [1.807, 2.05) is 29.0 Å². The van der Waals surface area contributed by atoms with Crippen molar-refractivity contribution in [3.05, 3.63) is 54.6 Å². The third-order valence-corrected chi connectivity index (χ3v) is 5.02. The van der Waals surface area contributed by atoms with E-state index >= 15 is 0 Å². The number of benzene rings is 1. The molecule has 1 aliphatic rings. The number of nitrogens with zero attached hydrogens (tertiary/aromatic N) is 4. The average Bonchev–Trinajstić information content (AvgIpc) is 3.21. The smallest absolute Gasteiger partial charge is 0.237 e. The second kappa shape index (κ2) is 9.32. The fourth-order valence-electron chi connectivity index (χ4n) is 3.30. The molecule has 0 aliphatic carbocycles. The number of carbonyl (C=O) groups is 2. The Balaban J connectivity index is 1.54. The Hall–Kier alpha value is -2.67. The summed E-state index contributed by atoms with van der Waals surface area (Å²) in [6.45, 7) is 3.46. The number of hydrogen-bond donors (Lipinski definition) is 1. The first-order valence-corrected chi connectivity index (χ1v) is 9.39. The van der Waals surface area contributed by atoms with Crippen molar-refractivity contribution in [2.24, 2.45) is 0 Å². The lowest BCUT2D eigenvalue weighted by molar-refractivity contribution is -0.138. The van der Waals surface area contributed by atoms with Crippen molar-refractivity contribution >= 4 is 11.8 Å². The Morgan fingerprint density at radius 2 is 2.11 bits per heavy atom. The van der Waals surface area contributed by atoms with Gasteiger partial charge in [0.2, 0.25) is 11.8 Å². The summed E-state index contributed by atoms with van der Waals surface area (Å²) in [4.78, 5) is 32.8. The van der Waals surface area contributed by atoms with Crippen molar-refractivity contribution in [1.82, 2.24) is 24.7 Å². The van der Waals surface area contributed by atoms with Gasteiger partial charge in [-0.15, -0.1) is 0 Å². The van der Waals surface area contributed by atoms with Crippen molar-refractivity contribution in [2.45, 2.75) is 25.4 Å². The normalized spacial score (nSPS) is 17.5. The summed E-state index contributed by atoms with van der Waals surface area (Å²) in [5, 5.41) is 2.90. The maximum absolute atomic E-state index is 12.6. The van der Waals surface area contributed by atoms with Crippen molar-refractivity contribution in [3.63, 3.8) is 0 Å². The predicted octanol–water partition coefficient (Wildman–Crippen LogP) is 0.775. The van der Waals surface area contributed by atoms with E-state index in [9.17, 15) is 9.59 Å². The predicted molar refractivity (Wildman–Crippen MR) is 103 cm³/mol. The van der Waals surface area contributed by atoms with E-state index in [0.717, 1.165) is 19.5 Å². The number of likely N-dealkylation sites (N-methyl/N-ethyl adjacent to an activating group) is 1. The minimum absolute atomic E-state index is 0.0122. The Kier molecular flexibility index (Phi) is 6.59. The van der Waals surface area contributed by atoms with Crippen LogP contribution in [-0.2, 0) is 22.6 Å². The van der Waals surface area contributed by atoms with Gasteiger partial charge in [0.1, 0.15) is 0 Å². The molecule has 1 aromatic heterocycles. The highest BCUT2D eigenvalue weighted by molar-refractivity contribution is 5.88. The largest absolute Gasteiger partial charge is 0.353 e. The summed E-state index contributed by atoms with van der Waals surface area (Å²) < 4.78 is 1.93. The third kappa shape index (κ3) is 5.40. The highest BCUT2D eigenvalue weighted by atomic mass is 16.2. The monoisotopic (exact) mass is 369 g/mol. The van der Waals surface area contributed by atoms with Gasteiger partial charge in [-0.25, -0.2) is 4.98 Å². The van der Waals surface area contributed by atoms with E-state index in [-0.39, 0.29) is 18.2 Å². The van der Waals surface area contributed by atoms with Crippen molar-refractivity contribution < 1.29 is 9.59 Å². The first-order valence-electron chi connectivity index (χ1n) is 9.39. The number of piperazine rings is 1. The minimum Gasteiger partial charge on any atom is -0.353 e. The maximum Gasteiger partial charge on any atom is 0.237 e. The Labute approximate surface area is 160 Å². The molecule has 2 amide bonds. The van der Waals surface area contributed by atoms with Crippen molar-refractivity contribution in [3.8, 4) is 0 Å². The van der Waals surface area contributed by atoms with Crippen LogP contribution in [-0.4, -0.2) is 70.4 Å². The number of aromatic nitrogens is 2. The summed E-state index contributed by atoms with van der Waals surface area (Å²) in [6, 6.07) is 9.83.